The van der Waals surface area contributed by atoms with Crippen LogP contribution < -0.4 is 5.73 Å². The van der Waals surface area contributed by atoms with E-state index in [0.717, 1.165) is 10.5 Å². The Balaban J connectivity index is 1.97. The first-order valence-electron chi connectivity index (χ1n) is 17.3. The van der Waals surface area contributed by atoms with E-state index in [1.54, 1.807) is 30.0 Å². The number of amides is 1. The summed E-state index contributed by atoms with van der Waals surface area (Å²) in [4.78, 5) is 12.7. The Hall–Kier alpha value is -2.40. The number of nitrogens with two attached hydrogens (primary N) is 1. The van der Waals surface area contributed by atoms with Crippen LogP contribution in [0.1, 0.15) is 68.2 Å². The molecule has 48 heavy (non-hydrogen) atoms. The highest BCUT2D eigenvalue weighted by Crippen LogP contribution is 2.40. The van der Waals surface area contributed by atoms with Gasteiger partial charge in [-0.15, -0.1) is 0 Å². The summed E-state index contributed by atoms with van der Waals surface area (Å²) < 4.78 is 11.8. The number of benzene rings is 1. The summed E-state index contributed by atoms with van der Waals surface area (Å²) in [6, 6.07) is 9.98. The Morgan fingerprint density at radius 2 is 1.62 bits per heavy atom. The molecular formula is C39H61NO7S. The number of hydrogen-bond donors (Lipinski definition) is 5. The van der Waals surface area contributed by atoms with E-state index in [4.69, 9.17) is 15.2 Å². The molecule has 9 heteroatoms. The second-order valence-electron chi connectivity index (χ2n) is 14.0. The van der Waals surface area contributed by atoms with Gasteiger partial charge in [0.25, 0.3) is 0 Å². The monoisotopic (exact) mass is 687 g/mol. The highest BCUT2D eigenvalue weighted by Gasteiger charge is 2.41. The van der Waals surface area contributed by atoms with Gasteiger partial charge in [-0.2, -0.15) is 0 Å². The minimum absolute atomic E-state index is 0.0572. The molecule has 8 nitrogen and oxygen atoms in total. The fourth-order valence-electron chi connectivity index (χ4n) is 6.68. The Labute approximate surface area is 293 Å². The molecule has 1 aromatic carbocycles. The largest absolute Gasteiger partial charge is 0.445 e. The Morgan fingerprint density at radius 1 is 0.979 bits per heavy atom. The molecular weight excluding hydrogens is 626 g/mol. The molecule has 1 saturated heterocycles. The van der Waals surface area contributed by atoms with E-state index in [1.807, 2.05) is 104 Å². The molecule has 1 aromatic rings. The zero-order chi connectivity index (χ0) is 36.1. The summed E-state index contributed by atoms with van der Waals surface area (Å²) in [5.41, 5.74) is 6.14. The lowest BCUT2D eigenvalue weighted by atomic mass is 9.81. The summed E-state index contributed by atoms with van der Waals surface area (Å²) in [6.07, 6.45) is 7.25. The molecule has 0 radical (unpaired) electrons. The molecule has 1 fully saturated rings. The van der Waals surface area contributed by atoms with Gasteiger partial charge in [0, 0.05) is 46.8 Å². The minimum atomic E-state index is -0.878. The number of rotatable bonds is 18. The predicted octanol–water partition coefficient (Wildman–Crippen LogP) is 6.89. The molecule has 0 unspecified atom stereocenters. The van der Waals surface area contributed by atoms with Gasteiger partial charge in [0.05, 0.1) is 30.5 Å². The van der Waals surface area contributed by atoms with Crippen LogP contribution in [0, 0.1) is 41.4 Å². The molecule has 2 rings (SSSR count). The molecule has 0 spiro atoms. The van der Waals surface area contributed by atoms with Crippen molar-refractivity contribution in [2.24, 2.45) is 47.2 Å². The first-order valence-corrected chi connectivity index (χ1v) is 18.2. The van der Waals surface area contributed by atoms with E-state index in [-0.39, 0.29) is 53.0 Å². The number of allylic oxidation sites excluding steroid dienone is 3. The van der Waals surface area contributed by atoms with Crippen molar-refractivity contribution in [3.8, 4) is 0 Å². The van der Waals surface area contributed by atoms with Gasteiger partial charge in [-0.3, -0.25) is 0 Å². The normalized spacial score (nSPS) is 27.8. The van der Waals surface area contributed by atoms with Crippen LogP contribution >= 0.6 is 11.8 Å². The summed E-state index contributed by atoms with van der Waals surface area (Å²) in [5, 5.41) is 44.1. The maximum absolute atomic E-state index is 11.6. The molecule has 1 heterocycles. The molecule has 1 aliphatic heterocycles. The summed E-state index contributed by atoms with van der Waals surface area (Å²) in [5.74, 6) is -1.27. The van der Waals surface area contributed by atoms with Crippen molar-refractivity contribution < 1.29 is 34.7 Å². The molecule has 1 amide bonds. The SMILES string of the molecule is C=C/C=C\[C@H](C)[C@H](OC(N)=O)[C@@H](C)[C@H](O)[C@@H](C)C/C(C)=C\[C@H](C)[C@@H](O)[C@@H](C)/C=C\[C@@H](O)C[C@@H]1O[C@H](Sc2ccccc2)[C@H](C)[C@@H](O)[C@H]1C. The molecule has 1 aliphatic rings. The summed E-state index contributed by atoms with van der Waals surface area (Å²) in [6.45, 7) is 19.2. The fourth-order valence-corrected chi connectivity index (χ4v) is 7.84. The van der Waals surface area contributed by atoms with Gasteiger partial charge in [-0.05, 0) is 31.4 Å². The Morgan fingerprint density at radius 3 is 2.23 bits per heavy atom. The third kappa shape index (κ3) is 12.8. The number of ether oxygens (including phenoxy) is 2. The predicted molar refractivity (Wildman–Crippen MR) is 195 cm³/mol. The van der Waals surface area contributed by atoms with Crippen LogP contribution in [0.15, 0.2) is 83.8 Å². The van der Waals surface area contributed by atoms with E-state index in [1.165, 1.54) is 0 Å². The van der Waals surface area contributed by atoms with Crippen LogP contribution in [-0.2, 0) is 9.47 Å². The molecule has 0 aliphatic carbocycles. The number of carbonyl (C=O) groups is 1. The highest BCUT2D eigenvalue weighted by atomic mass is 32.2. The number of primary amides is 1. The maximum atomic E-state index is 11.6. The van der Waals surface area contributed by atoms with E-state index in [2.05, 4.69) is 6.58 Å². The molecule has 6 N–H and O–H groups in total. The van der Waals surface area contributed by atoms with Crippen molar-refractivity contribution in [3.63, 3.8) is 0 Å². The van der Waals surface area contributed by atoms with Crippen molar-refractivity contribution in [3.05, 3.63) is 78.9 Å². The van der Waals surface area contributed by atoms with Gasteiger partial charge < -0.3 is 35.6 Å². The average Bonchev–Trinajstić information content (AvgIpc) is 3.05. The number of hydrogen-bond acceptors (Lipinski definition) is 8. The van der Waals surface area contributed by atoms with Gasteiger partial charge in [-0.25, -0.2) is 4.79 Å². The lowest BCUT2D eigenvalue weighted by Gasteiger charge is -2.43. The van der Waals surface area contributed by atoms with Crippen molar-refractivity contribution in [2.45, 2.75) is 115 Å². The minimum Gasteiger partial charge on any atom is -0.445 e. The molecule has 0 bridgehead atoms. The lowest BCUT2D eigenvalue weighted by Crippen LogP contribution is -2.48. The Kier molecular flexibility index (Phi) is 17.7. The van der Waals surface area contributed by atoms with Gasteiger partial charge in [0.1, 0.15) is 11.5 Å². The van der Waals surface area contributed by atoms with Crippen molar-refractivity contribution >= 4 is 17.9 Å². The van der Waals surface area contributed by atoms with Crippen molar-refractivity contribution in [1.82, 2.24) is 0 Å². The zero-order valence-electron chi connectivity index (χ0n) is 30.1. The molecule has 14 atom stereocenters. The van der Waals surface area contributed by atoms with Crippen LogP contribution in [0.3, 0.4) is 0 Å². The quantitative estimate of drug-likeness (QED) is 0.0830. The molecule has 0 saturated carbocycles. The van der Waals surface area contributed by atoms with E-state index < -0.39 is 36.6 Å². The zero-order valence-corrected chi connectivity index (χ0v) is 30.9. The van der Waals surface area contributed by atoms with Gasteiger partial charge in [0.15, 0.2) is 0 Å². The van der Waals surface area contributed by atoms with Gasteiger partial charge >= 0.3 is 6.09 Å². The van der Waals surface area contributed by atoms with Crippen LogP contribution in [0.2, 0.25) is 0 Å². The average molecular weight is 688 g/mol. The third-order valence-corrected chi connectivity index (χ3v) is 11.1. The molecule has 270 valence electrons. The second kappa shape index (κ2) is 20.3. The number of aliphatic hydroxyl groups is 4. The van der Waals surface area contributed by atoms with Crippen LogP contribution in [0.5, 0.6) is 0 Å². The van der Waals surface area contributed by atoms with Crippen molar-refractivity contribution in [1.29, 1.82) is 0 Å². The highest BCUT2D eigenvalue weighted by molar-refractivity contribution is 7.99. The van der Waals surface area contributed by atoms with Crippen LogP contribution in [0.4, 0.5) is 4.79 Å². The Bertz CT molecular complexity index is 1210. The summed E-state index contributed by atoms with van der Waals surface area (Å²) in [7, 11) is 0. The smallest absolute Gasteiger partial charge is 0.404 e. The van der Waals surface area contributed by atoms with E-state index in [9.17, 15) is 25.2 Å². The third-order valence-electron chi connectivity index (χ3n) is 9.74. The number of thioether (sulfide) groups is 1. The topological polar surface area (TPSA) is 142 Å². The first kappa shape index (κ1) is 41.8. The van der Waals surface area contributed by atoms with Crippen molar-refractivity contribution in [2.75, 3.05) is 0 Å². The fraction of sp³-hybridized carbons (Fsp3) is 0.615. The van der Waals surface area contributed by atoms with E-state index >= 15 is 0 Å². The number of carbonyl (C=O) groups excluding carboxylic acids is 1. The first-order chi connectivity index (χ1) is 22.6. The van der Waals surface area contributed by atoms with Crippen LogP contribution in [-0.4, -0.2) is 68.6 Å². The van der Waals surface area contributed by atoms with Crippen LogP contribution in [0.25, 0.3) is 0 Å². The maximum Gasteiger partial charge on any atom is 0.404 e. The summed E-state index contributed by atoms with van der Waals surface area (Å²) >= 11 is 1.59. The second-order valence-corrected chi connectivity index (χ2v) is 15.2. The molecule has 0 aromatic heterocycles. The lowest BCUT2D eigenvalue weighted by molar-refractivity contribution is -0.139. The van der Waals surface area contributed by atoms with E-state index in [0.29, 0.717) is 12.8 Å². The van der Waals surface area contributed by atoms with Gasteiger partial charge in [0.2, 0.25) is 0 Å². The standard InChI is InChI=1S/C39H61NO7S/c1-10-11-15-25(4)37(47-39(40)45)29(8)35(43)27(6)21-23(2)20-26(5)34(42)24(3)18-19-31(41)22-33-28(7)36(44)30(9)38(46-33)48-32-16-13-12-14-17-32/h10-20,24-31,33-38,41-44H,1,21-22H2,2-9H3,(H2,40,45)/b15-11-,19-18-,23-20-/t24-,25-,26-,27-,28-,29-,30+,31+,33-,34-,35+,36-,37-,38+/m0/s1. The number of aliphatic hydroxyl groups excluding tert-OH is 4. The van der Waals surface area contributed by atoms with Gasteiger partial charge in [-0.1, -0.05) is 127 Å².